The van der Waals surface area contributed by atoms with Crippen LogP contribution in [0.2, 0.25) is 5.02 Å². The summed E-state index contributed by atoms with van der Waals surface area (Å²) in [5.41, 5.74) is 2.24. The molecule has 0 bridgehead atoms. The van der Waals surface area contributed by atoms with Crippen molar-refractivity contribution in [2.24, 2.45) is 0 Å². The number of piperazine rings is 1. The molecule has 1 saturated heterocycles. The van der Waals surface area contributed by atoms with Gasteiger partial charge < -0.3 is 10.2 Å². The third-order valence-electron chi connectivity index (χ3n) is 3.34. The highest BCUT2D eigenvalue weighted by Gasteiger charge is 2.33. The lowest BCUT2D eigenvalue weighted by Crippen LogP contribution is -2.56. The summed E-state index contributed by atoms with van der Waals surface area (Å²) in [6.45, 7) is 1.34. The molecule has 2 aliphatic rings. The van der Waals surface area contributed by atoms with E-state index in [1.807, 2.05) is 23.1 Å². The number of aryl methyl sites for hydroxylation is 1. The standard InChI is InChI=1S/C12H13ClN2O/c13-9-2-4-11-8(5-9)1-3-10-6-14-7-12(16)15(10)11/h2,4-5,10,14H,1,3,6-7H2. The van der Waals surface area contributed by atoms with Gasteiger partial charge in [0.05, 0.1) is 6.54 Å². The predicted octanol–water partition coefficient (Wildman–Crippen LogP) is 1.59. The highest BCUT2D eigenvalue weighted by molar-refractivity contribution is 6.30. The van der Waals surface area contributed by atoms with Gasteiger partial charge in [0.25, 0.3) is 0 Å². The Hall–Kier alpha value is -1.06. The van der Waals surface area contributed by atoms with Gasteiger partial charge in [-0.05, 0) is 36.6 Å². The summed E-state index contributed by atoms with van der Waals surface area (Å²) in [4.78, 5) is 13.8. The Labute approximate surface area is 99.4 Å². The van der Waals surface area contributed by atoms with Gasteiger partial charge in [-0.3, -0.25) is 4.79 Å². The number of nitrogens with zero attached hydrogens (tertiary/aromatic N) is 1. The molecule has 0 radical (unpaired) electrons. The number of fused-ring (bicyclic) bond motifs is 3. The van der Waals surface area contributed by atoms with E-state index in [-0.39, 0.29) is 5.91 Å². The van der Waals surface area contributed by atoms with E-state index in [4.69, 9.17) is 11.6 Å². The molecule has 2 heterocycles. The Morgan fingerprint density at radius 1 is 1.44 bits per heavy atom. The van der Waals surface area contributed by atoms with E-state index < -0.39 is 0 Å². The molecule has 2 aliphatic heterocycles. The molecule has 1 aromatic carbocycles. The Balaban J connectivity index is 2.06. The average molecular weight is 237 g/mol. The van der Waals surface area contributed by atoms with Gasteiger partial charge >= 0.3 is 0 Å². The number of hydrogen-bond donors (Lipinski definition) is 1. The van der Waals surface area contributed by atoms with E-state index >= 15 is 0 Å². The molecule has 1 atom stereocenters. The maximum Gasteiger partial charge on any atom is 0.241 e. The first-order chi connectivity index (χ1) is 7.75. The molecule has 4 heteroatoms. The lowest BCUT2D eigenvalue weighted by atomic mass is 9.94. The van der Waals surface area contributed by atoms with Gasteiger partial charge in [-0.1, -0.05) is 11.6 Å². The van der Waals surface area contributed by atoms with Crippen LogP contribution in [0.4, 0.5) is 5.69 Å². The summed E-state index contributed by atoms with van der Waals surface area (Å²) < 4.78 is 0. The van der Waals surface area contributed by atoms with Gasteiger partial charge in [0.2, 0.25) is 5.91 Å². The largest absolute Gasteiger partial charge is 0.307 e. The number of rotatable bonds is 0. The van der Waals surface area contributed by atoms with Gasteiger partial charge in [0, 0.05) is 23.3 Å². The Morgan fingerprint density at radius 3 is 3.19 bits per heavy atom. The minimum atomic E-state index is 0.166. The smallest absolute Gasteiger partial charge is 0.241 e. The van der Waals surface area contributed by atoms with Gasteiger partial charge in [0.1, 0.15) is 0 Å². The van der Waals surface area contributed by atoms with Crippen LogP contribution in [0.5, 0.6) is 0 Å². The quantitative estimate of drug-likeness (QED) is 0.742. The summed E-state index contributed by atoms with van der Waals surface area (Å²) in [6, 6.07) is 6.11. The van der Waals surface area contributed by atoms with Gasteiger partial charge in [-0.2, -0.15) is 0 Å². The molecule has 0 saturated carbocycles. The second-order valence-corrected chi connectivity index (χ2v) is 4.80. The highest BCUT2D eigenvalue weighted by atomic mass is 35.5. The first kappa shape index (κ1) is 10.1. The highest BCUT2D eigenvalue weighted by Crippen LogP contribution is 2.33. The summed E-state index contributed by atoms with van der Waals surface area (Å²) in [6.07, 6.45) is 2.03. The van der Waals surface area contributed by atoms with Crippen LogP contribution in [-0.4, -0.2) is 25.0 Å². The van der Waals surface area contributed by atoms with E-state index in [1.165, 1.54) is 5.56 Å². The number of carbonyl (C=O) groups excluding carboxylic acids is 1. The van der Waals surface area contributed by atoms with Crippen molar-refractivity contribution in [2.45, 2.75) is 18.9 Å². The van der Waals surface area contributed by atoms with E-state index in [0.717, 1.165) is 30.1 Å². The monoisotopic (exact) mass is 236 g/mol. The van der Waals surface area contributed by atoms with Gasteiger partial charge in [-0.25, -0.2) is 0 Å². The molecular weight excluding hydrogens is 224 g/mol. The fourth-order valence-electron chi connectivity index (χ4n) is 2.60. The molecule has 1 N–H and O–H groups in total. The molecule has 1 fully saturated rings. The van der Waals surface area contributed by atoms with Crippen LogP contribution in [0.3, 0.4) is 0 Å². The molecule has 1 aromatic rings. The Morgan fingerprint density at radius 2 is 2.31 bits per heavy atom. The third-order valence-corrected chi connectivity index (χ3v) is 3.57. The predicted molar refractivity (Wildman–Crippen MR) is 63.9 cm³/mol. The first-order valence-corrected chi connectivity index (χ1v) is 5.95. The zero-order chi connectivity index (χ0) is 11.1. The minimum Gasteiger partial charge on any atom is -0.307 e. The molecule has 3 rings (SSSR count). The fourth-order valence-corrected chi connectivity index (χ4v) is 2.79. The molecule has 1 amide bonds. The van der Waals surface area contributed by atoms with Crippen LogP contribution in [0.25, 0.3) is 0 Å². The van der Waals surface area contributed by atoms with Crippen LogP contribution < -0.4 is 10.2 Å². The van der Waals surface area contributed by atoms with Crippen molar-refractivity contribution in [3.05, 3.63) is 28.8 Å². The summed E-state index contributed by atoms with van der Waals surface area (Å²) in [5.74, 6) is 0.166. The molecule has 0 spiro atoms. The SMILES string of the molecule is O=C1CNCC2CCc3cc(Cl)ccc3N12. The molecule has 3 nitrogen and oxygen atoms in total. The summed E-state index contributed by atoms with van der Waals surface area (Å²) in [5, 5.41) is 3.91. The molecule has 0 aromatic heterocycles. The number of carbonyl (C=O) groups is 1. The van der Waals surface area contributed by atoms with Crippen LogP contribution in [-0.2, 0) is 11.2 Å². The van der Waals surface area contributed by atoms with Crippen LogP contribution >= 0.6 is 11.6 Å². The minimum absolute atomic E-state index is 0.166. The fraction of sp³-hybridized carbons (Fsp3) is 0.417. The maximum absolute atomic E-state index is 11.9. The number of amides is 1. The van der Waals surface area contributed by atoms with Crippen molar-refractivity contribution >= 4 is 23.2 Å². The third kappa shape index (κ3) is 1.51. The molecule has 84 valence electrons. The van der Waals surface area contributed by atoms with Crippen molar-refractivity contribution in [1.82, 2.24) is 5.32 Å². The Bertz CT molecular complexity index is 447. The van der Waals surface area contributed by atoms with Crippen molar-refractivity contribution in [2.75, 3.05) is 18.0 Å². The number of nitrogens with one attached hydrogen (secondary N) is 1. The van der Waals surface area contributed by atoms with Crippen molar-refractivity contribution in [1.29, 1.82) is 0 Å². The normalized spacial score (nSPS) is 23.9. The average Bonchev–Trinajstić information content (AvgIpc) is 2.29. The van der Waals surface area contributed by atoms with E-state index in [0.29, 0.717) is 12.6 Å². The first-order valence-electron chi connectivity index (χ1n) is 5.57. The number of halogens is 1. The second-order valence-electron chi connectivity index (χ2n) is 4.36. The molecule has 1 unspecified atom stereocenters. The number of benzene rings is 1. The lowest BCUT2D eigenvalue weighted by molar-refractivity contribution is -0.119. The van der Waals surface area contributed by atoms with Crippen molar-refractivity contribution in [3.8, 4) is 0 Å². The molecule has 0 aliphatic carbocycles. The topological polar surface area (TPSA) is 32.3 Å². The molecular formula is C12H13ClN2O. The summed E-state index contributed by atoms with van der Waals surface area (Å²) in [7, 11) is 0. The zero-order valence-corrected chi connectivity index (χ0v) is 9.63. The Kier molecular flexibility index (Phi) is 2.37. The van der Waals surface area contributed by atoms with Crippen LogP contribution in [0.1, 0.15) is 12.0 Å². The van der Waals surface area contributed by atoms with Gasteiger partial charge in [-0.15, -0.1) is 0 Å². The lowest BCUT2D eigenvalue weighted by Gasteiger charge is -2.40. The number of anilines is 1. The molecule has 16 heavy (non-hydrogen) atoms. The second kappa shape index (κ2) is 3.75. The van der Waals surface area contributed by atoms with Gasteiger partial charge in [0.15, 0.2) is 0 Å². The summed E-state index contributed by atoms with van der Waals surface area (Å²) >= 11 is 5.97. The maximum atomic E-state index is 11.9. The van der Waals surface area contributed by atoms with E-state index in [2.05, 4.69) is 5.32 Å². The van der Waals surface area contributed by atoms with Crippen molar-refractivity contribution < 1.29 is 4.79 Å². The van der Waals surface area contributed by atoms with E-state index in [9.17, 15) is 4.79 Å². The van der Waals surface area contributed by atoms with Crippen LogP contribution in [0, 0.1) is 0 Å². The van der Waals surface area contributed by atoms with Crippen LogP contribution in [0.15, 0.2) is 18.2 Å². The zero-order valence-electron chi connectivity index (χ0n) is 8.87. The van der Waals surface area contributed by atoms with E-state index in [1.54, 1.807) is 0 Å². The number of hydrogen-bond acceptors (Lipinski definition) is 2. The van der Waals surface area contributed by atoms with Crippen molar-refractivity contribution in [3.63, 3.8) is 0 Å².